The molecule has 1 aromatic heterocycles. The van der Waals surface area contributed by atoms with Gasteiger partial charge in [-0.1, -0.05) is 11.6 Å². The Kier molecular flexibility index (Phi) is 6.35. The number of phenolic OH excluding ortho intramolecular Hbond substituents is 1. The second kappa shape index (κ2) is 8.27. The summed E-state index contributed by atoms with van der Waals surface area (Å²) in [4.78, 5) is 18.1. The maximum atomic E-state index is 12.5. The van der Waals surface area contributed by atoms with Crippen LogP contribution < -0.4 is 22.2 Å². The Morgan fingerprint density at radius 2 is 2.04 bits per heavy atom. The molecule has 0 saturated heterocycles. The van der Waals surface area contributed by atoms with Crippen LogP contribution in [0.2, 0.25) is 5.02 Å². The lowest BCUT2D eigenvalue weighted by Crippen LogP contribution is -2.42. The first-order chi connectivity index (χ1) is 11.4. The highest BCUT2D eigenvalue weighted by Crippen LogP contribution is 2.32. The van der Waals surface area contributed by atoms with Crippen LogP contribution in [0.3, 0.4) is 0 Å². The van der Waals surface area contributed by atoms with Crippen LogP contribution in [0.5, 0.6) is 11.5 Å². The minimum absolute atomic E-state index is 0.0488. The second-order valence-electron chi connectivity index (χ2n) is 4.50. The van der Waals surface area contributed by atoms with Crippen LogP contribution >= 0.6 is 11.6 Å². The van der Waals surface area contributed by atoms with Gasteiger partial charge in [0.15, 0.2) is 0 Å². The SMILES string of the molecule is O=C(c1ccc(O)c(Cl)c1)N1CCOc2ccncc21.[O-][Br+2]([O-])[O-]. The molecule has 8 nitrogen and oxygen atoms in total. The summed E-state index contributed by atoms with van der Waals surface area (Å²) in [7, 11) is 0. The number of aromatic hydroxyl groups is 1. The number of pyridine rings is 1. The summed E-state index contributed by atoms with van der Waals surface area (Å²) in [6.07, 6.45) is 3.21. The Morgan fingerprint density at radius 3 is 2.71 bits per heavy atom. The average molecular weight is 419 g/mol. The molecule has 0 radical (unpaired) electrons. The van der Waals surface area contributed by atoms with Gasteiger partial charge >= 0.3 is 0 Å². The molecule has 0 aliphatic carbocycles. The monoisotopic (exact) mass is 417 g/mol. The van der Waals surface area contributed by atoms with Crippen molar-refractivity contribution in [2.24, 2.45) is 0 Å². The van der Waals surface area contributed by atoms with E-state index < -0.39 is 14.8 Å². The Balaban J connectivity index is 0.000000471. The molecule has 0 saturated carbocycles. The molecule has 0 unspecified atom stereocenters. The first-order valence-electron chi connectivity index (χ1n) is 6.50. The topological polar surface area (TPSA) is 132 Å². The molecular weight excluding hydrogens is 408 g/mol. The van der Waals surface area contributed by atoms with Crippen molar-refractivity contribution in [3.8, 4) is 11.5 Å². The number of fused-ring (bicyclic) bond motifs is 1. The van der Waals surface area contributed by atoms with Crippen LogP contribution in [0.4, 0.5) is 5.69 Å². The molecule has 128 valence electrons. The van der Waals surface area contributed by atoms with Crippen LogP contribution in [0, 0.1) is 14.8 Å². The number of rotatable bonds is 1. The van der Waals surface area contributed by atoms with Gasteiger partial charge in [-0.3, -0.25) is 9.78 Å². The fourth-order valence-electron chi connectivity index (χ4n) is 2.07. The third-order valence-corrected chi connectivity index (χ3v) is 3.37. The molecule has 0 bridgehead atoms. The molecule has 24 heavy (non-hydrogen) atoms. The van der Waals surface area contributed by atoms with E-state index in [1.807, 2.05) is 0 Å². The lowest BCUT2D eigenvalue weighted by atomic mass is 10.1. The summed E-state index contributed by atoms with van der Waals surface area (Å²) in [6.45, 7) is 0.866. The van der Waals surface area contributed by atoms with E-state index in [1.54, 1.807) is 23.4 Å². The van der Waals surface area contributed by atoms with Gasteiger partial charge in [0.05, 0.1) is 17.8 Å². The highest BCUT2D eigenvalue weighted by molar-refractivity contribution is 6.32. The molecule has 2 heterocycles. The van der Waals surface area contributed by atoms with Gasteiger partial charge in [-0.25, -0.2) is 0 Å². The first-order valence-corrected chi connectivity index (χ1v) is 8.82. The molecular formula is C14H11BrClN2O6-. The standard InChI is InChI=1S/C14H11ClN2O3.BrO3/c15-10-7-9(1-2-12(10)18)14(19)17-5-6-20-13-3-4-16-8-11(13)17;2-1(3)4/h1-4,7-8,18H,5-6H2;/q;-1. The first kappa shape index (κ1) is 18.4. The van der Waals surface area contributed by atoms with E-state index in [9.17, 15) is 9.90 Å². The normalized spacial score (nSPS) is 12.8. The highest BCUT2D eigenvalue weighted by Gasteiger charge is 2.25. The summed E-state index contributed by atoms with van der Waals surface area (Å²) in [5.41, 5.74) is 1.04. The summed E-state index contributed by atoms with van der Waals surface area (Å²) in [5, 5.41) is 9.56. The number of halogens is 2. The van der Waals surface area contributed by atoms with Crippen molar-refractivity contribution in [3.63, 3.8) is 0 Å². The zero-order valence-corrected chi connectivity index (χ0v) is 14.4. The number of hydrogen-bond acceptors (Lipinski definition) is 7. The van der Waals surface area contributed by atoms with Gasteiger partial charge in [0.25, 0.3) is 5.91 Å². The zero-order chi connectivity index (χ0) is 17.7. The second-order valence-corrected chi connectivity index (χ2v) is 5.70. The van der Waals surface area contributed by atoms with E-state index in [1.165, 1.54) is 18.2 Å². The predicted molar refractivity (Wildman–Crippen MR) is 74.5 cm³/mol. The molecule has 1 aromatic carbocycles. The number of hydrogen-bond donors (Lipinski definition) is 1. The number of ether oxygens (including phenoxy) is 1. The number of nitrogens with zero attached hydrogens (tertiary/aromatic N) is 2. The number of aromatic nitrogens is 1. The minimum Gasteiger partial charge on any atom is -0.506 e. The maximum absolute atomic E-state index is 12.5. The molecule has 1 aliphatic heterocycles. The molecule has 1 amide bonds. The number of anilines is 1. The largest absolute Gasteiger partial charge is 0.506 e. The van der Waals surface area contributed by atoms with Crippen LogP contribution in [0.15, 0.2) is 36.7 Å². The lowest BCUT2D eigenvalue weighted by Gasteiger charge is -2.29. The Hall–Kier alpha value is -1.91. The van der Waals surface area contributed by atoms with Crippen molar-refractivity contribution < 1.29 is 42.0 Å². The number of carbonyl (C=O) groups excluding carboxylic acids is 1. The van der Waals surface area contributed by atoms with Crippen LogP contribution in [-0.2, 0) is 0 Å². The average Bonchev–Trinajstić information content (AvgIpc) is 2.56. The fourth-order valence-corrected chi connectivity index (χ4v) is 2.25. The molecule has 2 aromatic rings. The molecule has 3 rings (SSSR count). The van der Waals surface area contributed by atoms with E-state index in [0.717, 1.165) is 0 Å². The third-order valence-electron chi connectivity index (χ3n) is 3.06. The third kappa shape index (κ3) is 4.56. The summed E-state index contributed by atoms with van der Waals surface area (Å²) in [5.74, 6) is 0.376. The van der Waals surface area contributed by atoms with Gasteiger partial charge in [-0.05, 0) is 18.2 Å². The van der Waals surface area contributed by atoms with E-state index in [0.29, 0.717) is 30.2 Å². The van der Waals surface area contributed by atoms with E-state index >= 15 is 0 Å². The van der Waals surface area contributed by atoms with Gasteiger partial charge < -0.3 is 27.3 Å². The quantitative estimate of drug-likeness (QED) is 0.622. The van der Waals surface area contributed by atoms with Crippen LogP contribution in [0.1, 0.15) is 10.4 Å². The zero-order valence-electron chi connectivity index (χ0n) is 12.0. The van der Waals surface area contributed by atoms with Crippen molar-refractivity contribution in [2.45, 2.75) is 0 Å². The predicted octanol–water partition coefficient (Wildman–Crippen LogP) is -1.09. The Morgan fingerprint density at radius 1 is 1.33 bits per heavy atom. The molecule has 0 fully saturated rings. The summed E-state index contributed by atoms with van der Waals surface area (Å²) < 4.78 is 31.0. The molecule has 10 heteroatoms. The van der Waals surface area contributed by atoms with Crippen molar-refractivity contribution in [1.82, 2.24) is 4.98 Å². The van der Waals surface area contributed by atoms with Crippen LogP contribution in [-0.4, -0.2) is 29.1 Å². The Labute approximate surface area is 147 Å². The fraction of sp³-hybridized carbons (Fsp3) is 0.143. The number of amides is 1. The van der Waals surface area contributed by atoms with Crippen LogP contribution in [0.25, 0.3) is 0 Å². The van der Waals surface area contributed by atoms with Gasteiger partial charge in [0.2, 0.25) is 14.8 Å². The molecule has 0 spiro atoms. The minimum atomic E-state index is -3.65. The molecule has 1 N–H and O–H groups in total. The maximum Gasteiger partial charge on any atom is 0.258 e. The van der Waals surface area contributed by atoms with Gasteiger partial charge in [0.1, 0.15) is 23.8 Å². The summed E-state index contributed by atoms with van der Waals surface area (Å²) >= 11 is 2.19. The molecule has 1 aliphatic rings. The van der Waals surface area contributed by atoms with Crippen molar-refractivity contribution in [3.05, 3.63) is 47.2 Å². The van der Waals surface area contributed by atoms with Crippen molar-refractivity contribution in [1.29, 1.82) is 0 Å². The smallest absolute Gasteiger partial charge is 0.258 e. The Bertz CT molecular complexity index is 727. The lowest BCUT2D eigenvalue weighted by molar-refractivity contribution is -1.73. The number of carbonyl (C=O) groups is 1. The molecule has 0 atom stereocenters. The van der Waals surface area contributed by atoms with Gasteiger partial charge in [-0.15, -0.1) is 0 Å². The number of phenols is 1. The van der Waals surface area contributed by atoms with Crippen molar-refractivity contribution >= 4 is 23.2 Å². The number of benzene rings is 1. The van der Waals surface area contributed by atoms with E-state index in [4.69, 9.17) is 28.9 Å². The van der Waals surface area contributed by atoms with Crippen molar-refractivity contribution in [2.75, 3.05) is 18.1 Å². The highest BCUT2D eigenvalue weighted by atomic mass is 80.0. The van der Waals surface area contributed by atoms with Gasteiger partial charge in [-0.2, -0.15) is 0 Å². The van der Waals surface area contributed by atoms with E-state index in [-0.39, 0.29) is 16.7 Å². The van der Waals surface area contributed by atoms with Gasteiger partial charge in [0, 0.05) is 17.8 Å². The summed E-state index contributed by atoms with van der Waals surface area (Å²) in [6, 6.07) is 6.11. The van der Waals surface area contributed by atoms with E-state index in [2.05, 4.69) is 4.98 Å².